The molecule has 0 radical (unpaired) electrons. The van der Waals surface area contributed by atoms with Gasteiger partial charge in [0, 0.05) is 37.4 Å². The third kappa shape index (κ3) is 2.92. The van der Waals surface area contributed by atoms with Crippen molar-refractivity contribution in [1.29, 1.82) is 0 Å². The summed E-state index contributed by atoms with van der Waals surface area (Å²) in [5.41, 5.74) is 7.40. The van der Waals surface area contributed by atoms with Crippen LogP contribution in [-0.4, -0.2) is 18.1 Å². The van der Waals surface area contributed by atoms with Gasteiger partial charge in [-0.05, 0) is 38.5 Å². The van der Waals surface area contributed by atoms with Crippen molar-refractivity contribution >= 4 is 28.4 Å². The summed E-state index contributed by atoms with van der Waals surface area (Å²) >= 11 is 0. The molecule has 0 amide bonds. The molecule has 1 aliphatic rings. The third-order valence-electron chi connectivity index (χ3n) is 5.31. The molecule has 4 rings (SSSR count). The van der Waals surface area contributed by atoms with E-state index in [1.54, 1.807) is 0 Å². The summed E-state index contributed by atoms with van der Waals surface area (Å²) in [5.74, 6) is 0. The lowest BCUT2D eigenvalue weighted by Crippen LogP contribution is -3.00. The van der Waals surface area contributed by atoms with Gasteiger partial charge in [-0.15, -0.1) is 9.60 Å². The second-order valence-corrected chi connectivity index (χ2v) is 6.77. The normalized spacial score (nSPS) is 17.5. The fraction of sp³-hybridized carbons (Fsp3) is 0.217. The summed E-state index contributed by atoms with van der Waals surface area (Å²) in [4.78, 5) is 0. The molecule has 0 saturated carbocycles. The van der Waals surface area contributed by atoms with Crippen LogP contribution in [0.15, 0.2) is 72.8 Å². The van der Waals surface area contributed by atoms with Gasteiger partial charge in [0.05, 0.1) is 0 Å². The topological polar surface area (TPSA) is 15.3 Å². The number of halogens is 1. The molecule has 1 atom stereocenters. The van der Waals surface area contributed by atoms with E-state index in [2.05, 4.69) is 104 Å². The van der Waals surface area contributed by atoms with E-state index in [9.17, 15) is 0 Å². The molecule has 0 spiro atoms. The first-order chi connectivity index (χ1) is 12.7. The number of anilines is 2. The van der Waals surface area contributed by atoms with Crippen LogP contribution in [0.25, 0.3) is 0 Å². The van der Waals surface area contributed by atoms with Crippen LogP contribution in [0.2, 0.25) is 0 Å². The van der Waals surface area contributed by atoms with Crippen molar-refractivity contribution in [3.8, 4) is 0 Å². The number of nitrogens with one attached hydrogen (secondary N) is 1. The number of benzene rings is 3. The van der Waals surface area contributed by atoms with E-state index in [1.165, 1.54) is 34.0 Å². The zero-order valence-electron chi connectivity index (χ0n) is 16.1. The molecule has 27 heavy (non-hydrogen) atoms. The quantitative estimate of drug-likeness (QED) is 0.700. The summed E-state index contributed by atoms with van der Waals surface area (Å²) in [7, 11) is 0. The van der Waals surface area contributed by atoms with Crippen molar-refractivity contribution in [1.82, 2.24) is 9.60 Å². The minimum absolute atomic E-state index is 0. The van der Waals surface area contributed by atoms with Gasteiger partial charge in [0.15, 0.2) is 17.1 Å². The molecule has 140 valence electrons. The van der Waals surface area contributed by atoms with Crippen molar-refractivity contribution in [2.45, 2.75) is 20.8 Å². The summed E-state index contributed by atoms with van der Waals surface area (Å²) in [5, 5.41) is 6.18. The summed E-state index contributed by atoms with van der Waals surface area (Å²) in [6.07, 6.45) is 0. The molecule has 3 aromatic rings. The Morgan fingerprint density at radius 2 is 1.41 bits per heavy atom. The van der Waals surface area contributed by atoms with E-state index in [1.807, 2.05) is 0 Å². The molecule has 3 nitrogen and oxygen atoms in total. The number of quaternary nitrogens is 1. The fourth-order valence-corrected chi connectivity index (χ4v) is 4.21. The lowest BCUT2D eigenvalue weighted by Gasteiger charge is -2.47. The molecule has 4 heteroatoms. The number of fused-ring (bicyclic) bond motifs is 2. The van der Waals surface area contributed by atoms with Gasteiger partial charge in [0.25, 0.3) is 0 Å². The molecular formula is C23H26ClN3. The SMILES string of the molecule is CCN(CC)[N+]1(c2ccccc2)c2ccccc2Nc2cc(C)ccc21.[Cl-]. The van der Waals surface area contributed by atoms with Crippen LogP contribution >= 0.6 is 0 Å². The van der Waals surface area contributed by atoms with Crippen LogP contribution in [-0.2, 0) is 0 Å². The Balaban J connectivity index is 0.00000210. The van der Waals surface area contributed by atoms with E-state index in [0.717, 1.165) is 13.1 Å². The lowest BCUT2D eigenvalue weighted by atomic mass is 10.0. The predicted molar refractivity (Wildman–Crippen MR) is 111 cm³/mol. The van der Waals surface area contributed by atoms with Crippen LogP contribution in [0, 0.1) is 6.92 Å². The number of hydrogen-bond donors (Lipinski definition) is 1. The molecule has 3 aromatic carbocycles. The Morgan fingerprint density at radius 3 is 2.11 bits per heavy atom. The van der Waals surface area contributed by atoms with Gasteiger partial charge >= 0.3 is 0 Å². The highest BCUT2D eigenvalue weighted by molar-refractivity contribution is 5.92. The number of nitrogens with zero attached hydrogens (tertiary/aromatic N) is 2. The van der Waals surface area contributed by atoms with Crippen LogP contribution in [0.3, 0.4) is 0 Å². The van der Waals surface area contributed by atoms with E-state index in [4.69, 9.17) is 0 Å². The second-order valence-electron chi connectivity index (χ2n) is 6.77. The van der Waals surface area contributed by atoms with Crippen molar-refractivity contribution in [3.63, 3.8) is 0 Å². The highest BCUT2D eigenvalue weighted by atomic mass is 35.5. The van der Waals surface area contributed by atoms with E-state index in [-0.39, 0.29) is 12.4 Å². The monoisotopic (exact) mass is 379 g/mol. The Kier molecular flexibility index (Phi) is 5.56. The molecule has 0 aromatic heterocycles. The molecule has 1 aliphatic heterocycles. The van der Waals surface area contributed by atoms with Gasteiger partial charge in [0.1, 0.15) is 11.4 Å². The summed E-state index contributed by atoms with van der Waals surface area (Å²) < 4.78 is 0.618. The second kappa shape index (κ2) is 7.73. The average molecular weight is 380 g/mol. The Morgan fingerprint density at radius 1 is 0.778 bits per heavy atom. The van der Waals surface area contributed by atoms with Crippen LogP contribution in [0.5, 0.6) is 0 Å². The largest absolute Gasteiger partial charge is 1.00 e. The standard InChI is InChI=1S/C23H26N3.ClH/c1-4-25(5-2)26(19-11-7-6-8-12-19)22-14-10-9-13-20(22)24-21-17-18(3)15-16-23(21)26;/h6-17,24H,4-5H2,1-3H3;1H/q+1;/p-1. The Bertz CT molecular complexity index is 922. The maximum Gasteiger partial charge on any atom is 0.186 e. The molecule has 0 bridgehead atoms. The van der Waals surface area contributed by atoms with Gasteiger partial charge in [-0.25, -0.2) is 0 Å². The van der Waals surface area contributed by atoms with Crippen LogP contribution in [0.1, 0.15) is 19.4 Å². The molecule has 0 fully saturated rings. The molecular weight excluding hydrogens is 354 g/mol. The zero-order chi connectivity index (χ0) is 18.1. The number of aryl methyl sites for hydroxylation is 1. The van der Waals surface area contributed by atoms with Crippen LogP contribution < -0.4 is 22.3 Å². The average Bonchev–Trinajstić information content (AvgIpc) is 2.68. The van der Waals surface area contributed by atoms with Crippen molar-refractivity contribution in [2.24, 2.45) is 0 Å². The highest BCUT2D eigenvalue weighted by Crippen LogP contribution is 2.55. The molecule has 1 N–H and O–H groups in total. The highest BCUT2D eigenvalue weighted by Gasteiger charge is 2.47. The first-order valence-electron chi connectivity index (χ1n) is 9.39. The van der Waals surface area contributed by atoms with Gasteiger partial charge in [-0.3, -0.25) is 0 Å². The number of rotatable bonds is 4. The molecule has 1 unspecified atom stereocenters. The zero-order valence-corrected chi connectivity index (χ0v) is 16.9. The number of para-hydroxylation sites is 3. The van der Waals surface area contributed by atoms with E-state index in [0.29, 0.717) is 4.59 Å². The number of hydrogen-bond acceptors (Lipinski definition) is 2. The molecule has 0 aliphatic carbocycles. The summed E-state index contributed by atoms with van der Waals surface area (Å²) in [6.45, 7) is 8.53. The van der Waals surface area contributed by atoms with Gasteiger partial charge < -0.3 is 17.7 Å². The fourth-order valence-electron chi connectivity index (χ4n) is 4.21. The van der Waals surface area contributed by atoms with Gasteiger partial charge in [-0.2, -0.15) is 0 Å². The van der Waals surface area contributed by atoms with Gasteiger partial charge in [0.2, 0.25) is 0 Å². The first kappa shape index (κ1) is 19.4. The van der Waals surface area contributed by atoms with Gasteiger partial charge in [-0.1, -0.05) is 36.4 Å². The minimum atomic E-state index is 0. The third-order valence-corrected chi connectivity index (χ3v) is 5.31. The Labute approximate surface area is 168 Å². The van der Waals surface area contributed by atoms with Crippen molar-refractivity contribution in [3.05, 3.63) is 78.4 Å². The predicted octanol–water partition coefficient (Wildman–Crippen LogP) is 3.28. The summed E-state index contributed by atoms with van der Waals surface area (Å²) in [6, 6.07) is 26.3. The van der Waals surface area contributed by atoms with Crippen molar-refractivity contribution in [2.75, 3.05) is 18.4 Å². The van der Waals surface area contributed by atoms with Crippen LogP contribution in [0.4, 0.5) is 28.4 Å². The Hall–Kier alpha value is -2.33. The van der Waals surface area contributed by atoms with E-state index < -0.39 is 0 Å². The maximum absolute atomic E-state index is 3.67. The van der Waals surface area contributed by atoms with Crippen molar-refractivity contribution < 1.29 is 12.4 Å². The molecule has 1 heterocycles. The van der Waals surface area contributed by atoms with E-state index >= 15 is 0 Å². The molecule has 0 saturated heterocycles. The minimum Gasteiger partial charge on any atom is -1.00 e. The lowest BCUT2D eigenvalue weighted by molar-refractivity contribution is -0.00000530. The smallest absolute Gasteiger partial charge is 0.186 e. The first-order valence-corrected chi connectivity index (χ1v) is 9.39. The maximum atomic E-state index is 3.67.